The Hall–Kier alpha value is -2.87. The highest BCUT2D eigenvalue weighted by molar-refractivity contribution is 6.05. The molecule has 0 saturated carbocycles. The molecule has 0 radical (unpaired) electrons. The number of hydrogen-bond acceptors (Lipinski definition) is 1. The smallest absolute Gasteiger partial charge is 0.250 e. The number of anilines is 1. The number of hydrogen-bond donors (Lipinski definition) is 0. The number of carbonyl (C=O) groups is 1. The van der Waals surface area contributed by atoms with Crippen LogP contribution in [0.2, 0.25) is 0 Å². The zero-order valence-corrected chi connectivity index (χ0v) is 13.5. The van der Waals surface area contributed by atoms with Crippen LogP contribution in [0.25, 0.3) is 16.8 Å². The molecule has 2 nitrogen and oxygen atoms in total. The second-order valence-corrected chi connectivity index (χ2v) is 6.12. The molecule has 0 bridgehead atoms. The number of aryl methyl sites for hydroxylation is 1. The van der Waals surface area contributed by atoms with Crippen LogP contribution in [-0.4, -0.2) is 12.5 Å². The summed E-state index contributed by atoms with van der Waals surface area (Å²) >= 11 is 0. The Kier molecular flexibility index (Phi) is 3.87. The normalized spacial score (nSPS) is 14.1. The van der Waals surface area contributed by atoms with Crippen molar-refractivity contribution in [3.63, 3.8) is 0 Å². The van der Waals surface area contributed by atoms with E-state index in [4.69, 9.17) is 0 Å². The second kappa shape index (κ2) is 6.32. The van der Waals surface area contributed by atoms with Gasteiger partial charge in [0.05, 0.1) is 0 Å². The molecule has 3 aromatic carbocycles. The lowest BCUT2D eigenvalue weighted by atomic mass is 10.0. The van der Waals surface area contributed by atoms with E-state index in [1.807, 2.05) is 47.4 Å². The maximum Gasteiger partial charge on any atom is 0.250 e. The maximum absolute atomic E-state index is 12.7. The molecule has 2 heteroatoms. The summed E-state index contributed by atoms with van der Waals surface area (Å²) < 4.78 is 0. The van der Waals surface area contributed by atoms with Gasteiger partial charge in [-0.25, -0.2) is 0 Å². The minimum Gasteiger partial charge on any atom is -0.309 e. The summed E-state index contributed by atoms with van der Waals surface area (Å²) in [7, 11) is 0. The van der Waals surface area contributed by atoms with Crippen molar-refractivity contribution in [1.82, 2.24) is 0 Å². The lowest BCUT2D eigenvalue weighted by Crippen LogP contribution is -2.34. The number of nitrogens with zero attached hydrogens (tertiary/aromatic N) is 1. The molecule has 0 aliphatic carbocycles. The Morgan fingerprint density at radius 1 is 0.917 bits per heavy atom. The number of carbonyl (C=O) groups excluding carboxylic acids is 1. The summed E-state index contributed by atoms with van der Waals surface area (Å²) in [5, 5.41) is 2.36. The Labute approximate surface area is 142 Å². The number of rotatable bonds is 2. The molecule has 0 saturated heterocycles. The van der Waals surface area contributed by atoms with Crippen molar-refractivity contribution in [2.24, 2.45) is 0 Å². The summed E-state index contributed by atoms with van der Waals surface area (Å²) in [5.41, 5.74) is 3.39. The molecule has 1 amide bonds. The zero-order valence-electron chi connectivity index (χ0n) is 13.5. The molecule has 0 spiro atoms. The van der Waals surface area contributed by atoms with E-state index >= 15 is 0 Å². The van der Waals surface area contributed by atoms with E-state index in [-0.39, 0.29) is 5.91 Å². The van der Waals surface area contributed by atoms with Gasteiger partial charge < -0.3 is 4.90 Å². The molecular formula is C22H19NO. The van der Waals surface area contributed by atoms with Crippen molar-refractivity contribution >= 4 is 28.4 Å². The highest BCUT2D eigenvalue weighted by Gasteiger charge is 2.20. The molecular weight excluding hydrogens is 294 g/mol. The lowest BCUT2D eigenvalue weighted by Gasteiger charge is -2.28. The fraction of sp³-hybridized carbons (Fsp3) is 0.136. The van der Waals surface area contributed by atoms with Crippen molar-refractivity contribution in [3.8, 4) is 0 Å². The Balaban J connectivity index is 1.64. The zero-order chi connectivity index (χ0) is 16.4. The van der Waals surface area contributed by atoms with Gasteiger partial charge in [-0.15, -0.1) is 0 Å². The minimum atomic E-state index is 0.0510. The predicted octanol–water partition coefficient (Wildman–Crippen LogP) is 4.83. The van der Waals surface area contributed by atoms with Crippen LogP contribution < -0.4 is 4.90 Å². The van der Waals surface area contributed by atoms with Gasteiger partial charge in [-0.3, -0.25) is 4.79 Å². The third-order valence-corrected chi connectivity index (χ3v) is 4.61. The summed E-state index contributed by atoms with van der Waals surface area (Å²) in [6.45, 7) is 0.787. The minimum absolute atomic E-state index is 0.0510. The largest absolute Gasteiger partial charge is 0.309 e. The van der Waals surface area contributed by atoms with Crippen molar-refractivity contribution in [3.05, 3.63) is 83.9 Å². The van der Waals surface area contributed by atoms with Crippen molar-refractivity contribution in [2.75, 3.05) is 11.4 Å². The molecule has 0 unspecified atom stereocenters. The van der Waals surface area contributed by atoms with Gasteiger partial charge in [0.2, 0.25) is 0 Å². The van der Waals surface area contributed by atoms with E-state index in [1.54, 1.807) is 6.08 Å². The van der Waals surface area contributed by atoms with Gasteiger partial charge in [-0.05, 0) is 46.9 Å². The topological polar surface area (TPSA) is 20.3 Å². The van der Waals surface area contributed by atoms with Crippen LogP contribution in [0.1, 0.15) is 17.5 Å². The summed E-state index contributed by atoms with van der Waals surface area (Å²) in [5.74, 6) is 0.0510. The van der Waals surface area contributed by atoms with E-state index in [9.17, 15) is 4.79 Å². The molecule has 0 atom stereocenters. The molecule has 24 heavy (non-hydrogen) atoms. The first-order valence-corrected chi connectivity index (χ1v) is 8.38. The maximum atomic E-state index is 12.7. The molecule has 3 aromatic rings. The van der Waals surface area contributed by atoms with Crippen molar-refractivity contribution in [1.29, 1.82) is 0 Å². The van der Waals surface area contributed by atoms with Crippen LogP contribution >= 0.6 is 0 Å². The van der Waals surface area contributed by atoms with Gasteiger partial charge in [-0.1, -0.05) is 60.7 Å². The first kappa shape index (κ1) is 14.7. The summed E-state index contributed by atoms with van der Waals surface area (Å²) in [6, 6.07) is 22.6. The van der Waals surface area contributed by atoms with E-state index in [2.05, 4.69) is 30.3 Å². The van der Waals surface area contributed by atoms with Crippen LogP contribution in [-0.2, 0) is 11.2 Å². The Morgan fingerprint density at radius 3 is 2.67 bits per heavy atom. The number of benzene rings is 3. The third-order valence-electron chi connectivity index (χ3n) is 4.61. The highest BCUT2D eigenvalue weighted by Crippen LogP contribution is 2.27. The van der Waals surface area contributed by atoms with Crippen LogP contribution in [0.4, 0.5) is 5.69 Å². The first-order valence-electron chi connectivity index (χ1n) is 8.38. The molecule has 0 aromatic heterocycles. The molecule has 0 fully saturated rings. The fourth-order valence-corrected chi connectivity index (χ4v) is 3.41. The predicted molar refractivity (Wildman–Crippen MR) is 100 cm³/mol. The second-order valence-electron chi connectivity index (χ2n) is 6.12. The van der Waals surface area contributed by atoms with Crippen LogP contribution in [0.5, 0.6) is 0 Å². The number of fused-ring (bicyclic) bond motifs is 2. The lowest BCUT2D eigenvalue weighted by molar-refractivity contribution is -0.114. The SMILES string of the molecule is O=C(C=Cc1cccc2ccccc12)N1CCCc2ccccc21. The standard InChI is InChI=1S/C22H19NO/c24-22(23-16-6-11-19-8-2-4-13-21(19)23)15-14-18-10-5-9-17-7-1-3-12-20(17)18/h1-5,7-10,12-15H,6,11,16H2. The van der Waals surface area contributed by atoms with Gasteiger partial charge in [0.25, 0.3) is 5.91 Å². The number of amides is 1. The highest BCUT2D eigenvalue weighted by atomic mass is 16.2. The van der Waals surface area contributed by atoms with E-state index in [0.29, 0.717) is 0 Å². The van der Waals surface area contributed by atoms with E-state index < -0.39 is 0 Å². The van der Waals surface area contributed by atoms with Crippen LogP contribution in [0.15, 0.2) is 72.8 Å². The fourth-order valence-electron chi connectivity index (χ4n) is 3.41. The monoisotopic (exact) mass is 313 g/mol. The molecule has 1 aliphatic rings. The average molecular weight is 313 g/mol. The molecule has 4 rings (SSSR count). The molecule has 1 aliphatic heterocycles. The van der Waals surface area contributed by atoms with Crippen molar-refractivity contribution in [2.45, 2.75) is 12.8 Å². The Morgan fingerprint density at radius 2 is 1.71 bits per heavy atom. The van der Waals surface area contributed by atoms with Gasteiger partial charge >= 0.3 is 0 Å². The average Bonchev–Trinajstić information content (AvgIpc) is 2.65. The van der Waals surface area contributed by atoms with Gasteiger partial charge in [-0.2, -0.15) is 0 Å². The third kappa shape index (κ3) is 2.71. The van der Waals surface area contributed by atoms with Gasteiger partial charge in [0.15, 0.2) is 0 Å². The molecule has 118 valence electrons. The number of para-hydroxylation sites is 1. The summed E-state index contributed by atoms with van der Waals surface area (Å²) in [4.78, 5) is 14.6. The van der Waals surface area contributed by atoms with E-state index in [0.717, 1.165) is 30.6 Å². The van der Waals surface area contributed by atoms with E-state index in [1.165, 1.54) is 16.3 Å². The van der Waals surface area contributed by atoms with Crippen LogP contribution in [0, 0.1) is 0 Å². The quantitative estimate of drug-likeness (QED) is 0.620. The first-order chi connectivity index (χ1) is 11.8. The Bertz CT molecular complexity index is 921. The molecule has 1 heterocycles. The molecule has 0 N–H and O–H groups in total. The van der Waals surface area contributed by atoms with Gasteiger partial charge in [0.1, 0.15) is 0 Å². The summed E-state index contributed by atoms with van der Waals surface area (Å²) in [6.07, 6.45) is 5.70. The van der Waals surface area contributed by atoms with Crippen molar-refractivity contribution < 1.29 is 4.79 Å². The van der Waals surface area contributed by atoms with Crippen LogP contribution in [0.3, 0.4) is 0 Å². The van der Waals surface area contributed by atoms with Gasteiger partial charge in [0, 0.05) is 18.3 Å².